The van der Waals surface area contributed by atoms with Gasteiger partial charge < -0.3 is 15.2 Å². The highest BCUT2D eigenvalue weighted by Crippen LogP contribution is 2.35. The van der Waals surface area contributed by atoms with Gasteiger partial charge in [0.1, 0.15) is 11.5 Å². The molecule has 0 unspecified atom stereocenters. The number of hydrogen-bond donors (Lipinski definition) is 2. The van der Waals surface area contributed by atoms with Crippen molar-refractivity contribution in [3.05, 3.63) is 64.1 Å². The average molecular weight is 377 g/mol. The Morgan fingerprint density at radius 3 is 2.62 bits per heavy atom. The number of nitrogens with one attached hydrogen (secondary N) is 1. The Kier molecular flexibility index (Phi) is 4.81. The summed E-state index contributed by atoms with van der Waals surface area (Å²) in [4.78, 5) is 25.6. The zero-order chi connectivity index (χ0) is 18.8. The van der Waals surface area contributed by atoms with Gasteiger partial charge in [0.2, 0.25) is 0 Å². The van der Waals surface area contributed by atoms with Crippen molar-refractivity contribution in [2.45, 2.75) is 6.54 Å². The van der Waals surface area contributed by atoms with Gasteiger partial charge in [-0.25, -0.2) is 9.18 Å². The second-order valence-corrected chi connectivity index (χ2v) is 5.97. The van der Waals surface area contributed by atoms with Crippen LogP contribution in [0.2, 0.25) is 5.02 Å². The van der Waals surface area contributed by atoms with E-state index in [1.165, 1.54) is 49.6 Å². The third kappa shape index (κ3) is 3.48. The number of ether oxygens (including phenoxy) is 1. The van der Waals surface area contributed by atoms with Crippen LogP contribution in [0.5, 0.6) is 11.5 Å². The molecular formula is C18H14ClFN2O4. The quantitative estimate of drug-likeness (QED) is 0.634. The van der Waals surface area contributed by atoms with E-state index in [4.69, 9.17) is 16.3 Å². The Morgan fingerprint density at radius 2 is 1.96 bits per heavy atom. The van der Waals surface area contributed by atoms with Gasteiger partial charge >= 0.3 is 6.03 Å². The van der Waals surface area contributed by atoms with Crippen molar-refractivity contribution in [3.63, 3.8) is 0 Å². The SMILES string of the molecule is COc1cc(/C=C2/NC(=O)N(Cc3ccc(F)cc3)C2=O)cc(Cl)c1O. The van der Waals surface area contributed by atoms with Gasteiger partial charge in [-0.1, -0.05) is 23.7 Å². The second-order valence-electron chi connectivity index (χ2n) is 5.56. The Bertz CT molecular complexity index is 912. The number of benzene rings is 2. The summed E-state index contributed by atoms with van der Waals surface area (Å²) >= 11 is 5.92. The number of amides is 3. The molecule has 3 rings (SSSR count). The highest BCUT2D eigenvalue weighted by atomic mass is 35.5. The van der Waals surface area contributed by atoms with Crippen molar-refractivity contribution < 1.29 is 23.8 Å². The molecule has 0 aromatic heterocycles. The minimum absolute atomic E-state index is 0.0158. The summed E-state index contributed by atoms with van der Waals surface area (Å²) in [5.41, 5.74) is 1.14. The molecule has 2 N–H and O–H groups in total. The molecule has 0 bridgehead atoms. The van der Waals surface area contributed by atoms with Crippen LogP contribution in [-0.4, -0.2) is 29.1 Å². The maximum atomic E-state index is 13.0. The van der Waals surface area contributed by atoms with Crippen molar-refractivity contribution in [3.8, 4) is 11.5 Å². The van der Waals surface area contributed by atoms with E-state index in [9.17, 15) is 19.1 Å². The number of urea groups is 1. The van der Waals surface area contributed by atoms with Crippen molar-refractivity contribution in [1.29, 1.82) is 0 Å². The standard InChI is InChI=1S/C18H14ClFN2O4/c1-26-15-8-11(6-13(19)16(15)23)7-14-17(24)22(18(25)21-14)9-10-2-4-12(20)5-3-10/h2-8,23H,9H2,1H3,(H,21,25)/b14-7+. The van der Waals surface area contributed by atoms with E-state index in [1.54, 1.807) is 0 Å². The van der Waals surface area contributed by atoms with Gasteiger partial charge in [-0.2, -0.15) is 0 Å². The molecule has 1 aliphatic heterocycles. The van der Waals surface area contributed by atoms with Crippen LogP contribution in [0.3, 0.4) is 0 Å². The number of hydrogen-bond acceptors (Lipinski definition) is 4. The van der Waals surface area contributed by atoms with E-state index in [2.05, 4.69) is 5.32 Å². The molecule has 0 saturated carbocycles. The molecule has 0 aliphatic carbocycles. The fraction of sp³-hybridized carbons (Fsp3) is 0.111. The average Bonchev–Trinajstić information content (AvgIpc) is 2.87. The molecule has 0 atom stereocenters. The van der Waals surface area contributed by atoms with E-state index < -0.39 is 17.8 Å². The van der Waals surface area contributed by atoms with Gasteiger partial charge in [-0.3, -0.25) is 9.69 Å². The third-order valence-corrected chi connectivity index (χ3v) is 4.09. The van der Waals surface area contributed by atoms with Gasteiger partial charge in [-0.15, -0.1) is 0 Å². The Balaban J connectivity index is 1.85. The summed E-state index contributed by atoms with van der Waals surface area (Å²) in [6.45, 7) is 0.0158. The first kappa shape index (κ1) is 17.8. The number of carbonyl (C=O) groups excluding carboxylic acids is 2. The lowest BCUT2D eigenvalue weighted by Gasteiger charge is -2.11. The lowest BCUT2D eigenvalue weighted by atomic mass is 10.1. The number of methoxy groups -OCH3 is 1. The van der Waals surface area contributed by atoms with E-state index in [1.807, 2.05) is 0 Å². The van der Waals surface area contributed by atoms with E-state index in [0.717, 1.165) is 4.90 Å². The molecule has 0 spiro atoms. The van der Waals surface area contributed by atoms with Gasteiger partial charge in [0, 0.05) is 0 Å². The number of carbonyl (C=O) groups is 2. The summed E-state index contributed by atoms with van der Waals surface area (Å²) in [6, 6.07) is 7.86. The Morgan fingerprint density at radius 1 is 1.27 bits per heavy atom. The number of phenols is 1. The number of aromatic hydroxyl groups is 1. The monoisotopic (exact) mass is 376 g/mol. The maximum Gasteiger partial charge on any atom is 0.329 e. The largest absolute Gasteiger partial charge is 0.503 e. The molecule has 3 amide bonds. The maximum absolute atomic E-state index is 13.0. The molecule has 1 fully saturated rings. The van der Waals surface area contributed by atoms with Crippen LogP contribution in [0.4, 0.5) is 9.18 Å². The number of rotatable bonds is 4. The first-order valence-electron chi connectivity index (χ1n) is 7.54. The fourth-order valence-corrected chi connectivity index (χ4v) is 2.71. The topological polar surface area (TPSA) is 78.9 Å². The van der Waals surface area contributed by atoms with Crippen molar-refractivity contribution in [2.75, 3.05) is 7.11 Å². The van der Waals surface area contributed by atoms with Gasteiger partial charge in [0.15, 0.2) is 11.5 Å². The van der Waals surface area contributed by atoms with Crippen LogP contribution >= 0.6 is 11.6 Å². The normalized spacial score (nSPS) is 15.5. The van der Waals surface area contributed by atoms with Crippen LogP contribution in [-0.2, 0) is 11.3 Å². The summed E-state index contributed by atoms with van der Waals surface area (Å²) in [6.07, 6.45) is 1.43. The molecule has 6 nitrogen and oxygen atoms in total. The highest BCUT2D eigenvalue weighted by Gasteiger charge is 2.33. The minimum Gasteiger partial charge on any atom is -0.503 e. The van der Waals surface area contributed by atoms with Crippen LogP contribution in [0.25, 0.3) is 6.08 Å². The molecule has 1 saturated heterocycles. The number of phenolic OH excluding ortho intramolecular Hbond substituents is 1. The second kappa shape index (κ2) is 7.05. The predicted molar refractivity (Wildman–Crippen MR) is 93.1 cm³/mol. The first-order chi connectivity index (χ1) is 12.4. The molecule has 26 heavy (non-hydrogen) atoms. The molecule has 0 radical (unpaired) electrons. The molecule has 134 valence electrons. The highest BCUT2D eigenvalue weighted by molar-refractivity contribution is 6.32. The van der Waals surface area contributed by atoms with Crippen molar-refractivity contribution >= 4 is 29.6 Å². The van der Waals surface area contributed by atoms with Crippen LogP contribution in [0.15, 0.2) is 42.1 Å². The van der Waals surface area contributed by atoms with Crippen LogP contribution in [0.1, 0.15) is 11.1 Å². The van der Waals surface area contributed by atoms with Crippen molar-refractivity contribution in [2.24, 2.45) is 0 Å². The zero-order valence-corrected chi connectivity index (χ0v) is 14.4. The molecule has 2 aromatic rings. The molecule has 8 heteroatoms. The smallest absolute Gasteiger partial charge is 0.329 e. The lowest BCUT2D eigenvalue weighted by Crippen LogP contribution is -2.30. The third-order valence-electron chi connectivity index (χ3n) is 3.80. The lowest BCUT2D eigenvalue weighted by molar-refractivity contribution is -0.123. The van der Waals surface area contributed by atoms with Crippen LogP contribution < -0.4 is 10.1 Å². The fourth-order valence-electron chi connectivity index (χ4n) is 2.49. The van der Waals surface area contributed by atoms with E-state index >= 15 is 0 Å². The zero-order valence-electron chi connectivity index (χ0n) is 13.6. The number of nitrogens with zero attached hydrogens (tertiary/aromatic N) is 1. The Labute approximate surface area is 153 Å². The number of imide groups is 1. The summed E-state index contributed by atoms with van der Waals surface area (Å²) < 4.78 is 18.0. The molecule has 2 aromatic carbocycles. The summed E-state index contributed by atoms with van der Waals surface area (Å²) in [5.74, 6) is -0.993. The van der Waals surface area contributed by atoms with Crippen LogP contribution in [0, 0.1) is 5.82 Å². The van der Waals surface area contributed by atoms with Gasteiger partial charge in [-0.05, 0) is 41.5 Å². The number of halogens is 2. The summed E-state index contributed by atoms with van der Waals surface area (Å²) in [7, 11) is 1.37. The predicted octanol–water partition coefficient (Wildman–Crippen LogP) is 3.29. The minimum atomic E-state index is -0.581. The van der Waals surface area contributed by atoms with E-state index in [0.29, 0.717) is 11.1 Å². The Hall–Kier alpha value is -3.06. The molecular weight excluding hydrogens is 363 g/mol. The molecule has 1 aliphatic rings. The van der Waals surface area contributed by atoms with E-state index in [-0.39, 0.29) is 28.8 Å². The van der Waals surface area contributed by atoms with Crippen molar-refractivity contribution in [1.82, 2.24) is 10.2 Å². The van der Waals surface area contributed by atoms with Gasteiger partial charge in [0.05, 0.1) is 18.7 Å². The summed E-state index contributed by atoms with van der Waals surface area (Å²) in [5, 5.41) is 12.3. The first-order valence-corrected chi connectivity index (χ1v) is 7.92. The molecule has 1 heterocycles. The van der Waals surface area contributed by atoms with Gasteiger partial charge in [0.25, 0.3) is 5.91 Å².